The monoisotopic (exact) mass is 237 g/mol. The largest absolute Gasteiger partial charge is 0.330 e. The molecule has 0 amide bonds. The molecule has 0 bridgehead atoms. The molecule has 2 saturated carbocycles. The van der Waals surface area contributed by atoms with Gasteiger partial charge in [-0.05, 0) is 54.9 Å². The lowest BCUT2D eigenvalue weighted by atomic mass is 9.62. The maximum Gasteiger partial charge on any atom is -0.00461 e. The Labute approximate surface area is 108 Å². The summed E-state index contributed by atoms with van der Waals surface area (Å²) >= 11 is 0. The van der Waals surface area contributed by atoms with Crippen molar-refractivity contribution in [2.24, 2.45) is 34.8 Å². The summed E-state index contributed by atoms with van der Waals surface area (Å²) in [6.45, 7) is 8.20. The summed E-state index contributed by atoms with van der Waals surface area (Å²) in [7, 11) is 0. The Morgan fingerprint density at radius 2 is 1.65 bits per heavy atom. The van der Waals surface area contributed by atoms with Crippen LogP contribution in [0.4, 0.5) is 0 Å². The molecular weight excluding hydrogens is 206 g/mol. The molecule has 2 aliphatic rings. The number of hydrogen-bond donors (Lipinski definition) is 1. The highest BCUT2D eigenvalue weighted by Gasteiger charge is 2.39. The Morgan fingerprint density at radius 3 is 2.18 bits per heavy atom. The fourth-order valence-corrected chi connectivity index (χ4v) is 4.31. The van der Waals surface area contributed by atoms with E-state index >= 15 is 0 Å². The molecule has 1 heteroatoms. The molecule has 0 aromatic heterocycles. The van der Waals surface area contributed by atoms with Crippen LogP contribution in [-0.2, 0) is 0 Å². The fourth-order valence-electron chi connectivity index (χ4n) is 4.31. The van der Waals surface area contributed by atoms with Gasteiger partial charge in [0, 0.05) is 0 Å². The minimum absolute atomic E-state index is 0.496. The molecule has 2 N–H and O–H groups in total. The van der Waals surface area contributed by atoms with Gasteiger partial charge in [-0.25, -0.2) is 0 Å². The average molecular weight is 237 g/mol. The van der Waals surface area contributed by atoms with Gasteiger partial charge in [0.1, 0.15) is 0 Å². The number of hydrogen-bond acceptors (Lipinski definition) is 1. The molecular formula is C16H31N. The predicted molar refractivity (Wildman–Crippen MR) is 74.8 cm³/mol. The number of rotatable bonds is 2. The van der Waals surface area contributed by atoms with E-state index in [9.17, 15) is 0 Å². The first kappa shape index (κ1) is 13.4. The van der Waals surface area contributed by atoms with E-state index in [4.69, 9.17) is 5.73 Å². The first-order chi connectivity index (χ1) is 8.02. The van der Waals surface area contributed by atoms with Crippen LogP contribution >= 0.6 is 0 Å². The Bertz CT molecular complexity index is 232. The maximum absolute atomic E-state index is 6.02. The van der Waals surface area contributed by atoms with E-state index in [1.165, 1.54) is 44.9 Å². The highest BCUT2D eigenvalue weighted by atomic mass is 14.6. The van der Waals surface area contributed by atoms with E-state index < -0.39 is 0 Å². The van der Waals surface area contributed by atoms with E-state index in [2.05, 4.69) is 20.8 Å². The van der Waals surface area contributed by atoms with Gasteiger partial charge in [0.2, 0.25) is 0 Å². The molecule has 0 saturated heterocycles. The van der Waals surface area contributed by atoms with Gasteiger partial charge in [0.05, 0.1) is 0 Å². The molecule has 0 radical (unpaired) electrons. The van der Waals surface area contributed by atoms with Crippen LogP contribution in [0, 0.1) is 29.1 Å². The zero-order chi connectivity index (χ0) is 12.5. The third kappa shape index (κ3) is 3.05. The van der Waals surface area contributed by atoms with Crippen molar-refractivity contribution in [3.05, 3.63) is 0 Å². The molecule has 0 spiro atoms. The van der Waals surface area contributed by atoms with Crippen LogP contribution in [0.3, 0.4) is 0 Å². The van der Waals surface area contributed by atoms with Crippen LogP contribution in [0.15, 0.2) is 0 Å². The van der Waals surface area contributed by atoms with Crippen molar-refractivity contribution in [3.8, 4) is 0 Å². The van der Waals surface area contributed by atoms with E-state index in [0.29, 0.717) is 5.41 Å². The normalized spacial score (nSPS) is 36.4. The van der Waals surface area contributed by atoms with Crippen LogP contribution in [0.5, 0.6) is 0 Å². The van der Waals surface area contributed by atoms with Crippen molar-refractivity contribution in [2.45, 2.75) is 65.7 Å². The molecule has 0 aromatic carbocycles. The van der Waals surface area contributed by atoms with Gasteiger partial charge < -0.3 is 5.73 Å². The van der Waals surface area contributed by atoms with Crippen molar-refractivity contribution in [1.82, 2.24) is 0 Å². The summed E-state index contributed by atoms with van der Waals surface area (Å²) in [5, 5.41) is 0. The molecule has 2 fully saturated rings. The molecule has 3 atom stereocenters. The predicted octanol–water partition coefficient (Wildman–Crippen LogP) is 4.21. The summed E-state index contributed by atoms with van der Waals surface area (Å²) in [6, 6.07) is 0. The lowest BCUT2D eigenvalue weighted by molar-refractivity contribution is 0.0687. The third-order valence-corrected chi connectivity index (χ3v) is 5.58. The molecule has 2 rings (SSSR count). The van der Waals surface area contributed by atoms with Crippen molar-refractivity contribution >= 4 is 0 Å². The van der Waals surface area contributed by atoms with Gasteiger partial charge in [-0.3, -0.25) is 0 Å². The quantitative estimate of drug-likeness (QED) is 0.765. The summed E-state index contributed by atoms with van der Waals surface area (Å²) in [5.41, 5.74) is 6.51. The molecule has 0 heterocycles. The van der Waals surface area contributed by atoms with Gasteiger partial charge in [-0.15, -0.1) is 0 Å². The van der Waals surface area contributed by atoms with Gasteiger partial charge in [-0.1, -0.05) is 46.5 Å². The Morgan fingerprint density at radius 1 is 1.00 bits per heavy atom. The molecule has 17 heavy (non-hydrogen) atoms. The van der Waals surface area contributed by atoms with Crippen LogP contribution in [0.2, 0.25) is 0 Å². The highest BCUT2D eigenvalue weighted by molar-refractivity contribution is 4.90. The highest BCUT2D eigenvalue weighted by Crippen LogP contribution is 2.48. The van der Waals surface area contributed by atoms with Crippen molar-refractivity contribution in [1.29, 1.82) is 0 Å². The van der Waals surface area contributed by atoms with Crippen LogP contribution in [0.1, 0.15) is 65.7 Å². The van der Waals surface area contributed by atoms with E-state index in [1.54, 1.807) is 0 Å². The molecule has 3 unspecified atom stereocenters. The van der Waals surface area contributed by atoms with Crippen LogP contribution in [-0.4, -0.2) is 6.54 Å². The van der Waals surface area contributed by atoms with Gasteiger partial charge >= 0.3 is 0 Å². The van der Waals surface area contributed by atoms with Crippen molar-refractivity contribution in [2.75, 3.05) is 6.54 Å². The van der Waals surface area contributed by atoms with E-state index in [0.717, 1.165) is 30.2 Å². The summed E-state index contributed by atoms with van der Waals surface area (Å²) < 4.78 is 0. The average Bonchev–Trinajstić information content (AvgIpc) is 2.80. The second kappa shape index (κ2) is 5.30. The first-order valence-electron chi connectivity index (χ1n) is 7.72. The first-order valence-corrected chi connectivity index (χ1v) is 7.72. The molecule has 1 nitrogen and oxygen atoms in total. The lowest BCUT2D eigenvalue weighted by Gasteiger charge is -2.44. The minimum Gasteiger partial charge on any atom is -0.330 e. The van der Waals surface area contributed by atoms with Crippen molar-refractivity contribution in [3.63, 3.8) is 0 Å². The maximum atomic E-state index is 6.02. The van der Waals surface area contributed by atoms with E-state index in [1.807, 2.05) is 0 Å². The molecule has 100 valence electrons. The van der Waals surface area contributed by atoms with Gasteiger partial charge in [0.15, 0.2) is 0 Å². The SMILES string of the molecule is CC(C)(C)C1CCC(CN)C(C2CCCC2)C1. The van der Waals surface area contributed by atoms with Crippen molar-refractivity contribution < 1.29 is 0 Å². The summed E-state index contributed by atoms with van der Waals surface area (Å²) in [6.07, 6.45) is 10.2. The lowest BCUT2D eigenvalue weighted by Crippen LogP contribution is -2.37. The topological polar surface area (TPSA) is 26.0 Å². The Kier molecular flexibility index (Phi) is 4.18. The van der Waals surface area contributed by atoms with Crippen LogP contribution in [0.25, 0.3) is 0 Å². The second-order valence-corrected chi connectivity index (χ2v) is 7.58. The standard InChI is InChI=1S/C16H31N/c1-16(2,3)14-9-8-13(11-17)15(10-14)12-6-4-5-7-12/h12-15H,4-11,17H2,1-3H3. The molecule has 0 aromatic rings. The summed E-state index contributed by atoms with van der Waals surface area (Å²) in [4.78, 5) is 0. The zero-order valence-corrected chi connectivity index (χ0v) is 12.0. The molecule has 2 aliphatic carbocycles. The Balaban J connectivity index is 2.03. The zero-order valence-electron chi connectivity index (χ0n) is 12.0. The second-order valence-electron chi connectivity index (χ2n) is 7.58. The minimum atomic E-state index is 0.496. The third-order valence-electron chi connectivity index (χ3n) is 5.58. The van der Waals surface area contributed by atoms with Gasteiger partial charge in [-0.2, -0.15) is 0 Å². The van der Waals surface area contributed by atoms with Gasteiger partial charge in [0.25, 0.3) is 0 Å². The smallest absolute Gasteiger partial charge is 0.00461 e. The Hall–Kier alpha value is -0.0400. The fraction of sp³-hybridized carbons (Fsp3) is 1.00. The van der Waals surface area contributed by atoms with E-state index in [-0.39, 0.29) is 0 Å². The molecule has 0 aliphatic heterocycles. The van der Waals surface area contributed by atoms with Crippen LogP contribution < -0.4 is 5.73 Å². The summed E-state index contributed by atoms with van der Waals surface area (Å²) in [5.74, 6) is 3.71. The number of nitrogens with two attached hydrogens (primary N) is 1.